The number of para-hydroxylation sites is 1. The predicted octanol–water partition coefficient (Wildman–Crippen LogP) is 2.67. The Labute approximate surface area is 158 Å². The molecule has 0 radical (unpaired) electrons. The third-order valence-electron chi connectivity index (χ3n) is 3.79. The van der Waals surface area contributed by atoms with E-state index < -0.39 is 5.91 Å². The topological polar surface area (TPSA) is 79.8 Å². The van der Waals surface area contributed by atoms with E-state index in [1.807, 2.05) is 49.4 Å². The monoisotopic (exact) mass is 365 g/mol. The molecular weight excluding hydrogens is 342 g/mol. The second-order valence-electron chi connectivity index (χ2n) is 5.89. The van der Waals surface area contributed by atoms with Gasteiger partial charge in [-0.15, -0.1) is 0 Å². The lowest BCUT2D eigenvalue weighted by molar-refractivity contribution is -0.123. The Bertz CT molecular complexity index is 855. The number of carbonyl (C=O) groups excluding carboxylic acids is 2. The van der Waals surface area contributed by atoms with E-state index in [-0.39, 0.29) is 12.5 Å². The minimum Gasteiger partial charge on any atom is -0.496 e. The maximum absolute atomic E-state index is 11.9. The molecule has 6 heteroatoms. The molecule has 0 fully saturated rings. The van der Waals surface area contributed by atoms with Crippen molar-refractivity contribution in [1.29, 1.82) is 0 Å². The molecular formula is C21H23N3O3. The normalized spacial score (nSPS) is 11.3. The first-order chi connectivity index (χ1) is 13.0. The van der Waals surface area contributed by atoms with E-state index >= 15 is 0 Å². The van der Waals surface area contributed by atoms with Gasteiger partial charge in [0.2, 0.25) is 5.91 Å². The molecule has 140 valence electrons. The molecule has 0 unspecified atom stereocenters. The van der Waals surface area contributed by atoms with Crippen LogP contribution in [0.4, 0.5) is 0 Å². The molecule has 2 amide bonds. The zero-order chi connectivity index (χ0) is 19.6. The summed E-state index contributed by atoms with van der Waals surface area (Å²) in [5, 5.41) is 6.56. The molecule has 0 aliphatic carbocycles. The van der Waals surface area contributed by atoms with Gasteiger partial charge in [0.1, 0.15) is 5.75 Å². The first kappa shape index (κ1) is 19.9. The van der Waals surface area contributed by atoms with Gasteiger partial charge >= 0.3 is 0 Å². The maximum Gasteiger partial charge on any atom is 0.259 e. The van der Waals surface area contributed by atoms with Crippen molar-refractivity contribution >= 4 is 23.6 Å². The molecule has 2 N–H and O–H groups in total. The average Bonchev–Trinajstić information content (AvgIpc) is 2.69. The smallest absolute Gasteiger partial charge is 0.259 e. The van der Waals surface area contributed by atoms with Crippen LogP contribution in [0, 0.1) is 6.92 Å². The molecule has 0 saturated heterocycles. The van der Waals surface area contributed by atoms with Gasteiger partial charge in [-0.2, -0.15) is 5.10 Å². The Kier molecular flexibility index (Phi) is 7.31. The largest absolute Gasteiger partial charge is 0.496 e. The highest BCUT2D eigenvalue weighted by Crippen LogP contribution is 2.18. The SMILES string of the molecule is COc1ccccc1/C=C/C(=O)NCC(=O)N/N=C(/C)c1ccc(C)cc1. The van der Waals surface area contributed by atoms with Crippen LogP contribution >= 0.6 is 0 Å². The number of ether oxygens (including phenoxy) is 1. The van der Waals surface area contributed by atoms with Crippen molar-refractivity contribution < 1.29 is 14.3 Å². The number of hydrogen-bond acceptors (Lipinski definition) is 4. The van der Waals surface area contributed by atoms with Gasteiger partial charge < -0.3 is 10.1 Å². The number of nitrogens with zero attached hydrogens (tertiary/aromatic N) is 1. The van der Waals surface area contributed by atoms with Crippen molar-refractivity contribution in [3.63, 3.8) is 0 Å². The number of carbonyl (C=O) groups is 2. The number of amides is 2. The summed E-state index contributed by atoms with van der Waals surface area (Å²) in [5.74, 6) is -0.115. The van der Waals surface area contributed by atoms with E-state index in [0.717, 1.165) is 16.7 Å². The average molecular weight is 365 g/mol. The first-order valence-electron chi connectivity index (χ1n) is 8.48. The number of methoxy groups -OCH3 is 1. The lowest BCUT2D eigenvalue weighted by atomic mass is 10.1. The molecule has 0 bridgehead atoms. The quantitative estimate of drug-likeness (QED) is 0.450. The number of hydrazone groups is 1. The minimum absolute atomic E-state index is 0.167. The van der Waals surface area contributed by atoms with Crippen LogP contribution in [-0.4, -0.2) is 31.2 Å². The third kappa shape index (κ3) is 6.43. The van der Waals surface area contributed by atoms with Gasteiger partial charge in [0.15, 0.2) is 0 Å². The van der Waals surface area contributed by atoms with Crippen molar-refractivity contribution in [3.05, 3.63) is 71.3 Å². The number of rotatable bonds is 7. The van der Waals surface area contributed by atoms with E-state index in [1.54, 1.807) is 26.2 Å². The summed E-state index contributed by atoms with van der Waals surface area (Å²) < 4.78 is 5.21. The fourth-order valence-electron chi connectivity index (χ4n) is 2.24. The van der Waals surface area contributed by atoms with Gasteiger partial charge in [-0.25, -0.2) is 5.43 Å². The predicted molar refractivity (Wildman–Crippen MR) is 107 cm³/mol. The zero-order valence-electron chi connectivity index (χ0n) is 15.7. The summed E-state index contributed by atoms with van der Waals surface area (Å²) in [7, 11) is 1.57. The van der Waals surface area contributed by atoms with Gasteiger partial charge in [0, 0.05) is 11.6 Å². The molecule has 0 aliphatic heterocycles. The van der Waals surface area contributed by atoms with Crippen LogP contribution in [0.5, 0.6) is 5.75 Å². The lowest BCUT2D eigenvalue weighted by Gasteiger charge is -2.05. The molecule has 0 atom stereocenters. The molecule has 0 spiro atoms. The Morgan fingerprint density at radius 3 is 2.52 bits per heavy atom. The second-order valence-corrected chi connectivity index (χ2v) is 5.89. The Balaban J connectivity index is 1.82. The highest BCUT2D eigenvalue weighted by molar-refractivity contribution is 5.99. The molecule has 0 aromatic heterocycles. The molecule has 6 nitrogen and oxygen atoms in total. The Morgan fingerprint density at radius 1 is 1.11 bits per heavy atom. The number of aryl methyl sites for hydroxylation is 1. The highest BCUT2D eigenvalue weighted by Gasteiger charge is 2.04. The minimum atomic E-state index is -0.402. The third-order valence-corrected chi connectivity index (χ3v) is 3.79. The summed E-state index contributed by atoms with van der Waals surface area (Å²) in [4.78, 5) is 23.7. The molecule has 2 aromatic rings. The van der Waals surface area contributed by atoms with Gasteiger partial charge in [-0.1, -0.05) is 48.0 Å². The summed E-state index contributed by atoms with van der Waals surface area (Å²) in [6.07, 6.45) is 2.98. The maximum atomic E-state index is 11.9. The number of nitrogens with one attached hydrogen (secondary N) is 2. The standard InChI is InChI=1S/C21H23N3O3/c1-15-8-10-17(11-9-15)16(2)23-24-21(26)14-22-20(25)13-12-18-6-4-5-7-19(18)27-3/h4-13H,14H2,1-3H3,(H,22,25)(H,24,26)/b13-12+,23-16-. The van der Waals surface area contributed by atoms with Crippen LogP contribution in [0.1, 0.15) is 23.6 Å². The second kappa shape index (κ2) is 9.91. The van der Waals surface area contributed by atoms with Crippen LogP contribution in [0.15, 0.2) is 59.7 Å². The molecule has 2 aromatic carbocycles. The van der Waals surface area contributed by atoms with Gasteiger partial charge in [-0.05, 0) is 31.6 Å². The van der Waals surface area contributed by atoms with E-state index in [1.165, 1.54) is 6.08 Å². The molecule has 0 heterocycles. The number of hydrogen-bond donors (Lipinski definition) is 2. The summed E-state index contributed by atoms with van der Waals surface area (Å²) in [6.45, 7) is 3.64. The van der Waals surface area contributed by atoms with Crippen molar-refractivity contribution in [2.45, 2.75) is 13.8 Å². The lowest BCUT2D eigenvalue weighted by Crippen LogP contribution is -2.34. The fraction of sp³-hybridized carbons (Fsp3) is 0.190. The van der Waals surface area contributed by atoms with Crippen LogP contribution < -0.4 is 15.5 Å². The van der Waals surface area contributed by atoms with E-state index in [4.69, 9.17) is 4.74 Å². The molecule has 0 aliphatic rings. The van der Waals surface area contributed by atoms with E-state index in [9.17, 15) is 9.59 Å². The van der Waals surface area contributed by atoms with Crippen molar-refractivity contribution in [2.75, 3.05) is 13.7 Å². The first-order valence-corrected chi connectivity index (χ1v) is 8.48. The van der Waals surface area contributed by atoms with Gasteiger partial charge in [-0.3, -0.25) is 9.59 Å². The van der Waals surface area contributed by atoms with Crippen LogP contribution in [0.3, 0.4) is 0 Å². The van der Waals surface area contributed by atoms with E-state index in [0.29, 0.717) is 11.5 Å². The van der Waals surface area contributed by atoms with Crippen molar-refractivity contribution in [3.8, 4) is 5.75 Å². The summed E-state index contributed by atoms with van der Waals surface area (Å²) in [6, 6.07) is 15.2. The summed E-state index contributed by atoms with van der Waals surface area (Å²) in [5.41, 5.74) is 5.97. The van der Waals surface area contributed by atoms with Gasteiger partial charge in [0.05, 0.1) is 19.4 Å². The highest BCUT2D eigenvalue weighted by atomic mass is 16.5. The van der Waals surface area contributed by atoms with Crippen LogP contribution in [-0.2, 0) is 9.59 Å². The van der Waals surface area contributed by atoms with Crippen LogP contribution in [0.25, 0.3) is 6.08 Å². The van der Waals surface area contributed by atoms with Crippen molar-refractivity contribution in [1.82, 2.24) is 10.7 Å². The fourth-order valence-corrected chi connectivity index (χ4v) is 2.24. The molecule has 2 rings (SSSR count). The molecule has 0 saturated carbocycles. The Morgan fingerprint density at radius 2 is 1.81 bits per heavy atom. The van der Waals surface area contributed by atoms with E-state index in [2.05, 4.69) is 15.8 Å². The zero-order valence-corrected chi connectivity index (χ0v) is 15.7. The van der Waals surface area contributed by atoms with Gasteiger partial charge in [0.25, 0.3) is 5.91 Å². The Hall–Kier alpha value is -3.41. The summed E-state index contributed by atoms with van der Waals surface area (Å²) >= 11 is 0. The van der Waals surface area contributed by atoms with Crippen molar-refractivity contribution in [2.24, 2.45) is 5.10 Å². The molecule has 27 heavy (non-hydrogen) atoms. The van der Waals surface area contributed by atoms with Crippen LogP contribution in [0.2, 0.25) is 0 Å². The number of benzene rings is 2.